The number of aliphatic hydroxyl groups excluding tert-OH is 1. The standard InChI is InChI=1S/C9H18NO3P/c1-3-4-6-13-14(2,12)7-5-9(11)8-10/h9,11H,3-7H2,1-2H3/t9-,14+/m0/s1. The van der Waals surface area contributed by atoms with Gasteiger partial charge in [-0.1, -0.05) is 13.3 Å². The minimum Gasteiger partial charge on any atom is -0.378 e. The third-order valence-corrected chi connectivity index (χ3v) is 3.62. The maximum atomic E-state index is 11.7. The molecule has 0 fully saturated rings. The normalized spacial score (nSPS) is 17.0. The second-order valence-electron chi connectivity index (χ2n) is 3.36. The van der Waals surface area contributed by atoms with Gasteiger partial charge in [0, 0.05) is 12.8 Å². The van der Waals surface area contributed by atoms with Crippen LogP contribution in [0.25, 0.3) is 0 Å². The zero-order chi connectivity index (χ0) is 11.0. The fraction of sp³-hybridized carbons (Fsp3) is 0.889. The molecule has 0 aromatic carbocycles. The van der Waals surface area contributed by atoms with E-state index < -0.39 is 13.5 Å². The molecule has 0 aliphatic heterocycles. The van der Waals surface area contributed by atoms with E-state index in [-0.39, 0.29) is 12.6 Å². The summed E-state index contributed by atoms with van der Waals surface area (Å²) in [5, 5.41) is 17.3. The van der Waals surface area contributed by atoms with Crippen molar-refractivity contribution < 1.29 is 14.2 Å². The minimum atomic E-state index is -2.60. The first-order valence-electron chi connectivity index (χ1n) is 4.80. The van der Waals surface area contributed by atoms with Crippen LogP contribution in [0.5, 0.6) is 0 Å². The molecule has 5 heteroatoms. The molecule has 0 saturated carbocycles. The van der Waals surface area contributed by atoms with Crippen LogP contribution in [-0.2, 0) is 9.09 Å². The molecule has 1 N–H and O–H groups in total. The Balaban J connectivity index is 3.73. The van der Waals surface area contributed by atoms with Gasteiger partial charge in [-0.2, -0.15) is 5.26 Å². The van der Waals surface area contributed by atoms with E-state index in [4.69, 9.17) is 14.9 Å². The van der Waals surface area contributed by atoms with Gasteiger partial charge in [-0.05, 0) is 12.8 Å². The molecular formula is C9H18NO3P. The van der Waals surface area contributed by atoms with Crippen LogP contribution in [0.1, 0.15) is 26.2 Å². The van der Waals surface area contributed by atoms with E-state index in [1.165, 1.54) is 0 Å². The van der Waals surface area contributed by atoms with Crippen molar-refractivity contribution in [3.63, 3.8) is 0 Å². The van der Waals surface area contributed by atoms with Crippen LogP contribution >= 0.6 is 7.37 Å². The topological polar surface area (TPSA) is 70.3 Å². The monoisotopic (exact) mass is 219 g/mol. The van der Waals surface area contributed by atoms with Crippen molar-refractivity contribution in [3.8, 4) is 6.07 Å². The third-order valence-electron chi connectivity index (χ3n) is 1.82. The van der Waals surface area contributed by atoms with Gasteiger partial charge in [0.25, 0.3) is 0 Å². The Morgan fingerprint density at radius 2 is 2.29 bits per heavy atom. The van der Waals surface area contributed by atoms with E-state index >= 15 is 0 Å². The van der Waals surface area contributed by atoms with E-state index in [1.807, 2.05) is 6.92 Å². The number of nitrogens with zero attached hydrogens (tertiary/aromatic N) is 1. The summed E-state index contributed by atoms with van der Waals surface area (Å²) in [6.45, 7) is 4.07. The highest BCUT2D eigenvalue weighted by Crippen LogP contribution is 2.43. The second kappa shape index (κ2) is 7.00. The predicted molar refractivity (Wildman–Crippen MR) is 55.5 cm³/mol. The van der Waals surface area contributed by atoms with Crippen LogP contribution in [0, 0.1) is 11.3 Å². The maximum absolute atomic E-state index is 11.7. The molecule has 0 amide bonds. The minimum absolute atomic E-state index is 0.219. The number of unbranched alkanes of at least 4 members (excludes halogenated alkanes) is 1. The summed E-state index contributed by atoms with van der Waals surface area (Å²) >= 11 is 0. The van der Waals surface area contributed by atoms with Gasteiger partial charge in [0.2, 0.25) is 0 Å². The van der Waals surface area contributed by atoms with Crippen LogP contribution in [-0.4, -0.2) is 30.6 Å². The summed E-state index contributed by atoms with van der Waals surface area (Å²) in [6.07, 6.45) is 1.35. The largest absolute Gasteiger partial charge is 0.378 e. The lowest BCUT2D eigenvalue weighted by Gasteiger charge is -2.13. The fourth-order valence-corrected chi connectivity index (χ4v) is 2.25. The molecule has 0 bridgehead atoms. The first-order chi connectivity index (χ1) is 6.52. The number of hydrogen-bond acceptors (Lipinski definition) is 4. The molecular weight excluding hydrogens is 201 g/mol. The SMILES string of the molecule is CCCCO[P@@](C)(=O)CC[C@H](O)C#N. The van der Waals surface area contributed by atoms with Crippen LogP contribution in [0.2, 0.25) is 0 Å². The average Bonchev–Trinajstić information content (AvgIpc) is 2.14. The summed E-state index contributed by atoms with van der Waals surface area (Å²) < 4.78 is 16.9. The molecule has 0 rings (SSSR count). The van der Waals surface area contributed by atoms with Crippen LogP contribution in [0.3, 0.4) is 0 Å². The molecule has 0 radical (unpaired) electrons. The average molecular weight is 219 g/mol. The van der Waals surface area contributed by atoms with Crippen molar-refractivity contribution in [2.24, 2.45) is 0 Å². The molecule has 0 saturated heterocycles. The number of rotatable bonds is 7. The molecule has 0 aromatic rings. The van der Waals surface area contributed by atoms with Crippen molar-refractivity contribution in [1.82, 2.24) is 0 Å². The fourth-order valence-electron chi connectivity index (χ4n) is 0.888. The second-order valence-corrected chi connectivity index (χ2v) is 6.09. The number of nitriles is 1. The summed E-state index contributed by atoms with van der Waals surface area (Å²) in [6, 6.07) is 1.68. The van der Waals surface area contributed by atoms with Crippen molar-refractivity contribution in [1.29, 1.82) is 5.26 Å². The van der Waals surface area contributed by atoms with Crippen molar-refractivity contribution >= 4 is 7.37 Å². The molecule has 0 unspecified atom stereocenters. The van der Waals surface area contributed by atoms with Crippen molar-refractivity contribution in [2.75, 3.05) is 19.4 Å². The molecule has 0 aromatic heterocycles. The van der Waals surface area contributed by atoms with Gasteiger partial charge < -0.3 is 9.63 Å². The smallest absolute Gasteiger partial charge is 0.200 e. The first-order valence-corrected chi connectivity index (χ1v) is 7.06. The van der Waals surface area contributed by atoms with Gasteiger partial charge in [0.1, 0.15) is 6.10 Å². The van der Waals surface area contributed by atoms with Crippen LogP contribution in [0.4, 0.5) is 0 Å². The molecule has 14 heavy (non-hydrogen) atoms. The van der Waals surface area contributed by atoms with E-state index in [2.05, 4.69) is 0 Å². The number of aliphatic hydroxyl groups is 1. The lowest BCUT2D eigenvalue weighted by atomic mass is 10.3. The molecule has 4 nitrogen and oxygen atoms in total. The van der Waals surface area contributed by atoms with Gasteiger partial charge in [-0.3, -0.25) is 4.57 Å². The lowest BCUT2D eigenvalue weighted by molar-refractivity contribution is 0.223. The summed E-state index contributed by atoms with van der Waals surface area (Å²) in [7, 11) is -2.60. The van der Waals surface area contributed by atoms with Crippen molar-refractivity contribution in [2.45, 2.75) is 32.3 Å². The number of hydrogen-bond donors (Lipinski definition) is 1. The van der Waals surface area contributed by atoms with Crippen molar-refractivity contribution in [3.05, 3.63) is 0 Å². The highest BCUT2D eigenvalue weighted by atomic mass is 31.2. The molecule has 0 aliphatic rings. The van der Waals surface area contributed by atoms with Gasteiger partial charge in [-0.15, -0.1) is 0 Å². The summed E-state index contributed by atoms with van der Waals surface area (Å²) in [5.41, 5.74) is 0. The Kier molecular flexibility index (Phi) is 6.82. The van der Waals surface area contributed by atoms with Gasteiger partial charge >= 0.3 is 0 Å². The Labute approximate surface area is 85.3 Å². The molecule has 2 atom stereocenters. The highest BCUT2D eigenvalue weighted by molar-refractivity contribution is 7.58. The molecule has 0 heterocycles. The van der Waals surface area contributed by atoms with E-state index in [0.29, 0.717) is 6.61 Å². The summed E-state index contributed by atoms with van der Waals surface area (Å²) in [5.74, 6) is 0. The molecule has 0 aliphatic carbocycles. The predicted octanol–water partition coefficient (Wildman–Crippen LogP) is 1.99. The van der Waals surface area contributed by atoms with Gasteiger partial charge in [0.05, 0.1) is 12.7 Å². The maximum Gasteiger partial charge on any atom is 0.200 e. The Hall–Kier alpha value is -0.360. The zero-order valence-electron chi connectivity index (χ0n) is 8.77. The van der Waals surface area contributed by atoms with E-state index in [0.717, 1.165) is 12.8 Å². The Morgan fingerprint density at radius 3 is 2.79 bits per heavy atom. The van der Waals surface area contributed by atoms with Gasteiger partial charge in [0.15, 0.2) is 7.37 Å². The molecule has 0 spiro atoms. The third kappa shape index (κ3) is 7.08. The Morgan fingerprint density at radius 1 is 1.64 bits per heavy atom. The Bertz CT molecular complexity index is 237. The summed E-state index contributed by atoms with van der Waals surface area (Å²) in [4.78, 5) is 0. The van der Waals surface area contributed by atoms with Crippen LogP contribution < -0.4 is 0 Å². The van der Waals surface area contributed by atoms with Gasteiger partial charge in [-0.25, -0.2) is 0 Å². The quantitative estimate of drug-likeness (QED) is 0.404. The van der Waals surface area contributed by atoms with Crippen LogP contribution in [0.15, 0.2) is 0 Å². The van der Waals surface area contributed by atoms with E-state index in [9.17, 15) is 4.57 Å². The molecule has 82 valence electrons. The lowest BCUT2D eigenvalue weighted by Crippen LogP contribution is -2.06. The van der Waals surface area contributed by atoms with E-state index in [1.54, 1.807) is 12.7 Å². The highest BCUT2D eigenvalue weighted by Gasteiger charge is 2.17. The zero-order valence-corrected chi connectivity index (χ0v) is 9.67. The first kappa shape index (κ1) is 13.6.